The summed E-state index contributed by atoms with van der Waals surface area (Å²) in [5.74, 6) is 0.604. The Balaban J connectivity index is 1.81. The van der Waals surface area contributed by atoms with Gasteiger partial charge in [-0.2, -0.15) is 0 Å². The molecular weight excluding hydrogens is 334 g/mol. The first-order valence-corrected chi connectivity index (χ1v) is 8.29. The fourth-order valence-corrected chi connectivity index (χ4v) is 3.85. The SMILES string of the molecule is COC1(CC(Br)c2ccc3c(c2)C(=O)NCCO3)CCC1. The zero-order valence-corrected chi connectivity index (χ0v) is 13.7. The molecule has 0 aromatic heterocycles. The first kappa shape index (κ1) is 14.9. The van der Waals surface area contributed by atoms with Crippen molar-refractivity contribution in [2.75, 3.05) is 20.3 Å². The van der Waals surface area contributed by atoms with Crippen LogP contribution >= 0.6 is 15.9 Å². The number of fused-ring (bicyclic) bond motifs is 1. The minimum absolute atomic E-state index is 0.000280. The van der Waals surface area contributed by atoms with Crippen LogP contribution in [0.25, 0.3) is 0 Å². The van der Waals surface area contributed by atoms with Gasteiger partial charge in [-0.15, -0.1) is 0 Å². The van der Waals surface area contributed by atoms with Crippen molar-refractivity contribution < 1.29 is 14.3 Å². The summed E-state index contributed by atoms with van der Waals surface area (Å²) in [6.07, 6.45) is 4.37. The Hall–Kier alpha value is -1.07. The molecule has 1 saturated carbocycles. The van der Waals surface area contributed by atoms with Crippen molar-refractivity contribution >= 4 is 21.8 Å². The second-order valence-corrected chi connectivity index (χ2v) is 6.88. The van der Waals surface area contributed by atoms with Gasteiger partial charge in [-0.3, -0.25) is 4.79 Å². The Morgan fingerprint density at radius 3 is 2.95 bits per heavy atom. The maximum Gasteiger partial charge on any atom is 0.255 e. The standard InChI is InChI=1S/C16H20BrNO3/c1-20-16(5-2-6-16)10-13(17)11-3-4-14-12(9-11)15(19)18-7-8-21-14/h3-4,9,13H,2,5-8,10H2,1H3,(H,18,19). The lowest BCUT2D eigenvalue weighted by atomic mass is 9.76. The third kappa shape index (κ3) is 2.94. The molecule has 1 atom stereocenters. The number of hydrogen-bond donors (Lipinski definition) is 1. The van der Waals surface area contributed by atoms with Gasteiger partial charge in [0.1, 0.15) is 12.4 Å². The highest BCUT2D eigenvalue weighted by Gasteiger charge is 2.39. The molecule has 0 spiro atoms. The molecule has 0 radical (unpaired) electrons. The average molecular weight is 354 g/mol. The van der Waals surface area contributed by atoms with Crippen LogP contribution in [0.5, 0.6) is 5.75 Å². The number of ether oxygens (including phenoxy) is 2. The Kier molecular flexibility index (Phi) is 4.22. The molecule has 1 unspecified atom stereocenters. The maximum atomic E-state index is 12.1. The van der Waals surface area contributed by atoms with Gasteiger partial charge < -0.3 is 14.8 Å². The van der Waals surface area contributed by atoms with Crippen molar-refractivity contribution in [2.45, 2.75) is 36.1 Å². The van der Waals surface area contributed by atoms with Gasteiger partial charge in [-0.05, 0) is 43.4 Å². The van der Waals surface area contributed by atoms with Crippen LogP contribution in [-0.4, -0.2) is 31.8 Å². The number of rotatable bonds is 4. The fourth-order valence-electron chi connectivity index (χ4n) is 2.97. The third-order valence-corrected chi connectivity index (χ3v) is 5.36. The molecule has 114 valence electrons. The molecule has 2 aliphatic rings. The molecule has 21 heavy (non-hydrogen) atoms. The van der Waals surface area contributed by atoms with Crippen molar-refractivity contribution in [3.63, 3.8) is 0 Å². The van der Waals surface area contributed by atoms with Crippen molar-refractivity contribution in [3.8, 4) is 5.75 Å². The highest BCUT2D eigenvalue weighted by molar-refractivity contribution is 9.09. The zero-order chi connectivity index (χ0) is 14.9. The molecule has 1 fully saturated rings. The van der Waals surface area contributed by atoms with Crippen LogP contribution < -0.4 is 10.1 Å². The molecule has 4 nitrogen and oxygen atoms in total. The first-order chi connectivity index (χ1) is 10.1. The summed E-state index contributed by atoms with van der Waals surface area (Å²) >= 11 is 3.75. The molecule has 1 amide bonds. The van der Waals surface area contributed by atoms with Crippen LogP contribution in [0.15, 0.2) is 18.2 Å². The molecule has 1 N–H and O–H groups in total. The molecule has 1 aromatic carbocycles. The van der Waals surface area contributed by atoms with Gasteiger partial charge in [0.25, 0.3) is 5.91 Å². The van der Waals surface area contributed by atoms with E-state index in [1.807, 2.05) is 18.2 Å². The molecule has 5 heteroatoms. The number of carbonyl (C=O) groups is 1. The van der Waals surface area contributed by atoms with E-state index in [4.69, 9.17) is 9.47 Å². The highest BCUT2D eigenvalue weighted by Crippen LogP contribution is 2.45. The summed E-state index contributed by atoms with van der Waals surface area (Å²) in [5, 5.41) is 2.84. The summed E-state index contributed by atoms with van der Waals surface area (Å²) in [6, 6.07) is 5.85. The van der Waals surface area contributed by atoms with Crippen molar-refractivity contribution in [2.24, 2.45) is 0 Å². The van der Waals surface area contributed by atoms with Crippen LogP contribution in [-0.2, 0) is 4.74 Å². The van der Waals surface area contributed by atoms with Gasteiger partial charge in [-0.25, -0.2) is 0 Å². The minimum atomic E-state index is -0.0610. The lowest BCUT2D eigenvalue weighted by molar-refractivity contribution is -0.0773. The van der Waals surface area contributed by atoms with E-state index >= 15 is 0 Å². The van der Waals surface area contributed by atoms with Crippen LogP contribution in [0.2, 0.25) is 0 Å². The van der Waals surface area contributed by atoms with E-state index < -0.39 is 0 Å². The van der Waals surface area contributed by atoms with E-state index in [0.717, 1.165) is 24.8 Å². The number of methoxy groups -OCH3 is 1. The van der Waals surface area contributed by atoms with Crippen LogP contribution in [0.3, 0.4) is 0 Å². The van der Waals surface area contributed by atoms with E-state index in [1.54, 1.807) is 7.11 Å². The van der Waals surface area contributed by atoms with E-state index in [1.165, 1.54) is 6.42 Å². The number of nitrogens with one attached hydrogen (secondary N) is 1. The van der Waals surface area contributed by atoms with Gasteiger partial charge in [0.05, 0.1) is 17.7 Å². The zero-order valence-electron chi connectivity index (χ0n) is 12.2. The van der Waals surface area contributed by atoms with Crippen molar-refractivity contribution in [1.29, 1.82) is 0 Å². The normalized spacial score (nSPS) is 21.3. The Labute approximate surface area is 133 Å². The van der Waals surface area contributed by atoms with Gasteiger partial charge in [0, 0.05) is 11.9 Å². The predicted molar refractivity (Wildman–Crippen MR) is 84.1 cm³/mol. The summed E-state index contributed by atoms with van der Waals surface area (Å²) in [4.78, 5) is 12.2. The van der Waals surface area contributed by atoms with Crippen LogP contribution in [0.4, 0.5) is 0 Å². The fraction of sp³-hybridized carbons (Fsp3) is 0.562. The number of halogens is 1. The minimum Gasteiger partial charge on any atom is -0.491 e. The molecule has 3 rings (SSSR count). The number of hydrogen-bond acceptors (Lipinski definition) is 3. The first-order valence-electron chi connectivity index (χ1n) is 7.38. The van der Waals surface area contributed by atoms with Crippen LogP contribution in [0, 0.1) is 0 Å². The quantitative estimate of drug-likeness (QED) is 0.845. The Morgan fingerprint density at radius 1 is 1.48 bits per heavy atom. The number of alkyl halides is 1. The lowest BCUT2D eigenvalue weighted by Gasteiger charge is -2.42. The lowest BCUT2D eigenvalue weighted by Crippen LogP contribution is -2.39. The monoisotopic (exact) mass is 353 g/mol. The van der Waals surface area contributed by atoms with Gasteiger partial charge in [0.2, 0.25) is 0 Å². The van der Waals surface area contributed by atoms with Crippen molar-refractivity contribution in [1.82, 2.24) is 5.32 Å². The molecular formula is C16H20BrNO3. The number of amides is 1. The second-order valence-electron chi connectivity index (χ2n) is 5.77. The molecule has 0 bridgehead atoms. The summed E-state index contributed by atoms with van der Waals surface area (Å²) in [5.41, 5.74) is 1.71. The Bertz CT molecular complexity index is 537. The van der Waals surface area contributed by atoms with Gasteiger partial charge >= 0.3 is 0 Å². The predicted octanol–water partition coefficient (Wildman–Crippen LogP) is 3.20. The summed E-state index contributed by atoms with van der Waals surface area (Å²) < 4.78 is 11.3. The van der Waals surface area contributed by atoms with E-state index in [2.05, 4.69) is 21.2 Å². The Morgan fingerprint density at radius 2 is 2.29 bits per heavy atom. The van der Waals surface area contributed by atoms with Gasteiger partial charge in [0.15, 0.2) is 0 Å². The summed E-state index contributed by atoms with van der Waals surface area (Å²) in [6.45, 7) is 1.07. The number of benzene rings is 1. The van der Waals surface area contributed by atoms with Crippen LogP contribution in [0.1, 0.15) is 46.4 Å². The molecule has 1 heterocycles. The molecule has 0 saturated heterocycles. The number of carbonyl (C=O) groups excluding carboxylic acids is 1. The second kappa shape index (κ2) is 5.97. The van der Waals surface area contributed by atoms with E-state index in [9.17, 15) is 4.79 Å². The third-order valence-electron chi connectivity index (χ3n) is 4.50. The maximum absolute atomic E-state index is 12.1. The largest absolute Gasteiger partial charge is 0.491 e. The van der Waals surface area contributed by atoms with Gasteiger partial charge in [-0.1, -0.05) is 22.0 Å². The average Bonchev–Trinajstić information content (AvgIpc) is 2.64. The van der Waals surface area contributed by atoms with E-state index in [-0.39, 0.29) is 16.3 Å². The van der Waals surface area contributed by atoms with E-state index in [0.29, 0.717) is 24.5 Å². The molecule has 1 aliphatic heterocycles. The highest BCUT2D eigenvalue weighted by atomic mass is 79.9. The van der Waals surface area contributed by atoms with Crippen molar-refractivity contribution in [3.05, 3.63) is 29.3 Å². The topological polar surface area (TPSA) is 47.6 Å². The molecule has 1 aliphatic carbocycles. The molecule has 1 aromatic rings. The smallest absolute Gasteiger partial charge is 0.255 e. The summed E-state index contributed by atoms with van der Waals surface area (Å²) in [7, 11) is 1.79.